The standard InChI is InChI=1S/C16H6F29O4P/c17-3(18,1-2-49-50(46,47)48)4(19,20)5(21,22)6(23,24)7(25,26)8(27,28)9(29,30)10(31,32)11(33,34)12(35,36)13(37,38)14(39,40)15(41,42)16(43,44)45/h1-2H2,(H2,46,47,48). The van der Waals surface area contributed by atoms with Crippen molar-refractivity contribution in [3.05, 3.63) is 0 Å². The van der Waals surface area contributed by atoms with E-state index in [2.05, 4.69) is 4.52 Å². The molecule has 0 bridgehead atoms. The zero-order chi connectivity index (χ0) is 41.6. The topological polar surface area (TPSA) is 66.8 Å². The van der Waals surface area contributed by atoms with Crippen LogP contribution in [0.2, 0.25) is 0 Å². The number of hydrogen-bond acceptors (Lipinski definition) is 2. The molecule has 302 valence electrons. The SMILES string of the molecule is O=P(O)(O)OCCC(F)(F)C(F)(F)C(F)(F)C(F)(F)C(F)(F)C(F)(F)C(F)(F)C(F)(F)C(F)(F)C(F)(F)C(F)(F)C(F)(F)C(F)(F)C(F)(F)F. The molecule has 4 nitrogen and oxygen atoms in total. The molecule has 0 atom stereocenters. The fourth-order valence-corrected chi connectivity index (χ4v) is 3.16. The summed E-state index contributed by atoms with van der Waals surface area (Å²) >= 11 is 0. The van der Waals surface area contributed by atoms with E-state index in [1.54, 1.807) is 0 Å². The van der Waals surface area contributed by atoms with Gasteiger partial charge in [0.15, 0.2) is 0 Å². The highest BCUT2D eigenvalue weighted by molar-refractivity contribution is 7.46. The lowest BCUT2D eigenvalue weighted by atomic mass is 9.83. The summed E-state index contributed by atoms with van der Waals surface area (Å²) in [6.07, 6.45) is -11.8. The van der Waals surface area contributed by atoms with E-state index in [1.807, 2.05) is 0 Å². The lowest BCUT2D eigenvalue weighted by Crippen LogP contribution is -2.79. The number of halogens is 29. The first-order valence-electron chi connectivity index (χ1n) is 10.6. The van der Waals surface area contributed by atoms with Crippen molar-refractivity contribution in [3.8, 4) is 0 Å². The summed E-state index contributed by atoms with van der Waals surface area (Å²) in [4.78, 5) is 16.2. The molecule has 0 amide bonds. The van der Waals surface area contributed by atoms with E-state index in [1.165, 1.54) is 0 Å². The Labute approximate surface area is 251 Å². The highest BCUT2D eigenvalue weighted by Gasteiger charge is 3.00. The molecule has 0 saturated carbocycles. The van der Waals surface area contributed by atoms with Crippen molar-refractivity contribution >= 4 is 7.82 Å². The van der Waals surface area contributed by atoms with Gasteiger partial charge in [-0.25, -0.2) is 4.57 Å². The Morgan fingerprint density at radius 3 is 0.700 bits per heavy atom. The molecule has 0 aromatic carbocycles. The summed E-state index contributed by atoms with van der Waals surface area (Å²) < 4.78 is 402. The molecule has 0 aliphatic carbocycles. The Kier molecular flexibility index (Phi) is 11.6. The Morgan fingerprint density at radius 2 is 0.520 bits per heavy atom. The van der Waals surface area contributed by atoms with E-state index < -0.39 is 104 Å². The molecule has 0 fully saturated rings. The summed E-state index contributed by atoms with van der Waals surface area (Å²) in [5, 5.41) is 0. The summed E-state index contributed by atoms with van der Waals surface area (Å²) in [5.74, 6) is -122. The molecule has 0 saturated heterocycles. The lowest BCUT2D eigenvalue weighted by molar-refractivity contribution is -0.487. The highest BCUT2D eigenvalue weighted by atomic mass is 31.2. The highest BCUT2D eigenvalue weighted by Crippen LogP contribution is 2.69. The average Bonchev–Trinajstić information content (AvgIpc) is 2.85. The van der Waals surface area contributed by atoms with Crippen LogP contribution >= 0.6 is 7.82 Å². The van der Waals surface area contributed by atoms with Gasteiger partial charge in [-0.1, -0.05) is 0 Å². The Morgan fingerprint density at radius 1 is 0.340 bits per heavy atom. The van der Waals surface area contributed by atoms with E-state index in [4.69, 9.17) is 9.79 Å². The molecule has 2 N–H and O–H groups in total. The zero-order valence-electron chi connectivity index (χ0n) is 21.5. The van der Waals surface area contributed by atoms with Gasteiger partial charge >= 0.3 is 91.0 Å². The molecule has 0 aliphatic rings. The molecule has 0 aliphatic heterocycles. The van der Waals surface area contributed by atoms with Gasteiger partial charge in [-0.3, -0.25) is 4.52 Å². The van der Waals surface area contributed by atoms with Gasteiger partial charge in [0.1, 0.15) is 0 Å². The van der Waals surface area contributed by atoms with Gasteiger partial charge in [-0.15, -0.1) is 0 Å². The second-order valence-electron chi connectivity index (χ2n) is 9.17. The maximum atomic E-state index is 13.8. The first kappa shape index (κ1) is 48.1. The molecule has 0 unspecified atom stereocenters. The number of hydrogen-bond donors (Lipinski definition) is 2. The quantitative estimate of drug-likeness (QED) is 0.120. The van der Waals surface area contributed by atoms with Crippen molar-refractivity contribution in [3.63, 3.8) is 0 Å². The molecule has 50 heavy (non-hydrogen) atoms. The molecular formula is C16H6F29O4P. The molecule has 0 spiro atoms. The summed E-state index contributed by atoms with van der Waals surface area (Å²) in [6.45, 7) is -2.72. The molecular weight excluding hydrogens is 838 g/mol. The third-order valence-corrected chi connectivity index (χ3v) is 6.35. The first-order chi connectivity index (χ1) is 21.0. The van der Waals surface area contributed by atoms with Crippen LogP contribution in [0.5, 0.6) is 0 Å². The van der Waals surface area contributed by atoms with E-state index in [0.717, 1.165) is 0 Å². The Bertz CT molecular complexity index is 1280. The van der Waals surface area contributed by atoms with Crippen molar-refractivity contribution in [2.24, 2.45) is 0 Å². The van der Waals surface area contributed by atoms with Crippen LogP contribution < -0.4 is 0 Å². The fraction of sp³-hybridized carbons (Fsp3) is 1.00. The molecule has 34 heteroatoms. The minimum Gasteiger partial charge on any atom is -0.303 e. The minimum atomic E-state index is -10.00. The number of phosphoric acid groups is 1. The second-order valence-corrected chi connectivity index (χ2v) is 10.4. The van der Waals surface area contributed by atoms with Crippen LogP contribution in [0.25, 0.3) is 0 Å². The third kappa shape index (κ3) is 6.18. The van der Waals surface area contributed by atoms with E-state index >= 15 is 0 Å². The summed E-state index contributed by atoms with van der Waals surface area (Å²) in [6, 6.07) is 0. The van der Waals surface area contributed by atoms with E-state index in [9.17, 15) is 132 Å². The van der Waals surface area contributed by atoms with Gasteiger partial charge in [0.05, 0.1) is 6.61 Å². The van der Waals surface area contributed by atoms with Crippen LogP contribution in [-0.2, 0) is 9.09 Å². The molecule has 0 heterocycles. The smallest absolute Gasteiger partial charge is 0.303 e. The van der Waals surface area contributed by atoms with Crippen molar-refractivity contribution in [2.75, 3.05) is 6.61 Å². The van der Waals surface area contributed by atoms with Crippen molar-refractivity contribution in [2.45, 2.75) is 89.6 Å². The van der Waals surface area contributed by atoms with Crippen molar-refractivity contribution in [1.82, 2.24) is 0 Å². The summed E-state index contributed by atoms with van der Waals surface area (Å²) in [5.41, 5.74) is 0. The van der Waals surface area contributed by atoms with Gasteiger partial charge in [-0.05, 0) is 0 Å². The van der Waals surface area contributed by atoms with Gasteiger partial charge in [0.25, 0.3) is 0 Å². The van der Waals surface area contributed by atoms with E-state index in [0.29, 0.717) is 0 Å². The van der Waals surface area contributed by atoms with E-state index in [-0.39, 0.29) is 0 Å². The predicted molar refractivity (Wildman–Crippen MR) is 93.0 cm³/mol. The van der Waals surface area contributed by atoms with Crippen LogP contribution in [0.1, 0.15) is 6.42 Å². The molecule has 0 aromatic heterocycles. The van der Waals surface area contributed by atoms with Crippen LogP contribution in [-0.4, -0.2) is 99.6 Å². The Balaban J connectivity index is 7.41. The monoisotopic (exact) mass is 844 g/mol. The maximum Gasteiger partial charge on any atom is 0.469 e. The van der Waals surface area contributed by atoms with Gasteiger partial charge in [-0.2, -0.15) is 127 Å². The lowest BCUT2D eigenvalue weighted by Gasteiger charge is -2.46. The van der Waals surface area contributed by atoms with Crippen LogP contribution in [0.3, 0.4) is 0 Å². The Hall–Kier alpha value is -1.92. The first-order valence-corrected chi connectivity index (χ1v) is 12.2. The third-order valence-electron chi connectivity index (χ3n) is 5.83. The predicted octanol–water partition coefficient (Wildman–Crippen LogP) is 9.31. The van der Waals surface area contributed by atoms with Crippen molar-refractivity contribution < 1.29 is 146 Å². The number of alkyl halides is 29. The largest absolute Gasteiger partial charge is 0.469 e. The van der Waals surface area contributed by atoms with Gasteiger partial charge in [0.2, 0.25) is 0 Å². The fourth-order valence-electron chi connectivity index (χ4n) is 2.83. The van der Waals surface area contributed by atoms with Gasteiger partial charge < -0.3 is 9.79 Å². The van der Waals surface area contributed by atoms with Crippen molar-refractivity contribution in [1.29, 1.82) is 0 Å². The normalized spacial score (nSPS) is 17.0. The zero-order valence-corrected chi connectivity index (χ0v) is 22.4. The molecule has 0 aromatic rings. The maximum absolute atomic E-state index is 13.8. The van der Waals surface area contributed by atoms with Crippen LogP contribution in [0, 0.1) is 0 Å². The summed E-state index contributed by atoms with van der Waals surface area (Å²) in [7, 11) is -6.10. The minimum absolute atomic E-state index is 2.72. The number of rotatable bonds is 16. The van der Waals surface area contributed by atoms with Crippen LogP contribution in [0.4, 0.5) is 127 Å². The average molecular weight is 844 g/mol. The number of phosphoric ester groups is 1. The van der Waals surface area contributed by atoms with Crippen LogP contribution in [0.15, 0.2) is 0 Å². The van der Waals surface area contributed by atoms with Gasteiger partial charge in [0, 0.05) is 6.42 Å². The molecule has 0 rings (SSSR count). The molecule has 0 radical (unpaired) electrons. The second kappa shape index (κ2) is 12.1.